The van der Waals surface area contributed by atoms with Crippen molar-refractivity contribution in [3.05, 3.63) is 0 Å². The average Bonchev–Trinajstić information content (AvgIpc) is 2.14. The van der Waals surface area contributed by atoms with Gasteiger partial charge in [-0.1, -0.05) is 0 Å². The predicted octanol–water partition coefficient (Wildman–Crippen LogP) is -0.630. The maximum atomic E-state index is 11.5. The van der Waals surface area contributed by atoms with Gasteiger partial charge in [-0.2, -0.15) is 0 Å². The third kappa shape index (κ3) is 3.33. The van der Waals surface area contributed by atoms with Crippen LogP contribution in [-0.2, 0) is 14.3 Å². The summed E-state index contributed by atoms with van der Waals surface area (Å²) in [5.41, 5.74) is 0. The first-order valence-corrected chi connectivity index (χ1v) is 4.74. The van der Waals surface area contributed by atoms with E-state index in [4.69, 9.17) is 0 Å². The van der Waals surface area contributed by atoms with E-state index in [2.05, 4.69) is 10.1 Å². The second-order valence-electron chi connectivity index (χ2n) is 3.48. The van der Waals surface area contributed by atoms with E-state index in [1.807, 2.05) is 6.92 Å². The van der Waals surface area contributed by atoms with Gasteiger partial charge in [-0.15, -0.1) is 0 Å². The number of esters is 1. The van der Waals surface area contributed by atoms with E-state index in [1.54, 1.807) is 4.90 Å². The summed E-state index contributed by atoms with van der Waals surface area (Å²) in [7, 11) is 0. The highest BCUT2D eigenvalue weighted by Crippen LogP contribution is 1.99. The molecule has 1 aliphatic heterocycles. The molecule has 0 unspecified atom stereocenters. The lowest BCUT2D eigenvalue weighted by Crippen LogP contribution is -2.52. The van der Waals surface area contributed by atoms with Crippen LogP contribution < -0.4 is 5.32 Å². The van der Waals surface area contributed by atoms with Crippen molar-refractivity contribution in [1.29, 1.82) is 0 Å². The largest absolute Gasteiger partial charge is 0.456 e. The van der Waals surface area contributed by atoms with Crippen molar-refractivity contribution in [3.8, 4) is 0 Å². The molecule has 0 spiro atoms. The Balaban J connectivity index is 2.32. The molecule has 14 heavy (non-hydrogen) atoms. The number of carbonyl (C=O) groups is 2. The van der Waals surface area contributed by atoms with Crippen LogP contribution in [-0.4, -0.2) is 49.1 Å². The second-order valence-corrected chi connectivity index (χ2v) is 3.48. The van der Waals surface area contributed by atoms with Crippen LogP contribution in [0, 0.1) is 0 Å². The molecule has 80 valence electrons. The van der Waals surface area contributed by atoms with Crippen LogP contribution in [0.2, 0.25) is 0 Å². The summed E-state index contributed by atoms with van der Waals surface area (Å²) in [4.78, 5) is 23.7. The molecule has 0 aliphatic carbocycles. The zero-order valence-electron chi connectivity index (χ0n) is 8.58. The molecule has 1 N–H and O–H groups in total. The normalized spacial score (nSPS) is 21.9. The molecule has 5 nitrogen and oxygen atoms in total. The van der Waals surface area contributed by atoms with Gasteiger partial charge in [0.25, 0.3) is 5.91 Å². The average molecular weight is 200 g/mol. The number of ether oxygens (including phenoxy) is 1. The van der Waals surface area contributed by atoms with E-state index in [0.29, 0.717) is 19.1 Å². The van der Waals surface area contributed by atoms with Gasteiger partial charge in [0, 0.05) is 32.6 Å². The Hall–Kier alpha value is -1.10. The van der Waals surface area contributed by atoms with Gasteiger partial charge < -0.3 is 15.0 Å². The van der Waals surface area contributed by atoms with E-state index < -0.39 is 5.97 Å². The highest BCUT2D eigenvalue weighted by Gasteiger charge is 2.20. The minimum Gasteiger partial charge on any atom is -0.456 e. The Bertz CT molecular complexity index is 230. The molecular formula is C9H16N2O3. The van der Waals surface area contributed by atoms with E-state index in [0.717, 1.165) is 6.54 Å². The molecule has 1 atom stereocenters. The first-order chi connectivity index (χ1) is 6.59. The van der Waals surface area contributed by atoms with E-state index >= 15 is 0 Å². The number of nitrogens with one attached hydrogen (secondary N) is 1. The molecule has 0 aromatic carbocycles. The molecule has 5 heteroatoms. The highest BCUT2D eigenvalue weighted by atomic mass is 16.5. The van der Waals surface area contributed by atoms with Gasteiger partial charge >= 0.3 is 5.97 Å². The first kappa shape index (κ1) is 11.0. The summed E-state index contributed by atoms with van der Waals surface area (Å²) in [5.74, 6) is -0.532. The Labute approximate surface area is 83.4 Å². The molecule has 0 aromatic rings. The number of carbonyl (C=O) groups excluding carboxylic acids is 2. The standard InChI is InChI=1S/C9H16N2O3/c1-7-5-11(4-3-10-7)9(13)6-14-8(2)12/h7,10H,3-6H2,1-2H3/t7-/m1/s1. The zero-order valence-corrected chi connectivity index (χ0v) is 8.58. The van der Waals surface area contributed by atoms with Crippen LogP contribution in [0.15, 0.2) is 0 Å². The molecule has 0 bridgehead atoms. The third-order valence-electron chi connectivity index (χ3n) is 2.12. The van der Waals surface area contributed by atoms with Crippen molar-refractivity contribution in [3.63, 3.8) is 0 Å². The number of rotatable bonds is 2. The summed E-state index contributed by atoms with van der Waals surface area (Å²) in [5, 5.41) is 3.23. The molecule has 1 amide bonds. The topological polar surface area (TPSA) is 58.6 Å². The number of hydrogen-bond donors (Lipinski definition) is 1. The van der Waals surface area contributed by atoms with E-state index in [9.17, 15) is 9.59 Å². The molecule has 1 rings (SSSR count). The van der Waals surface area contributed by atoms with Crippen molar-refractivity contribution in [1.82, 2.24) is 10.2 Å². The van der Waals surface area contributed by atoms with Gasteiger partial charge in [0.1, 0.15) is 0 Å². The summed E-state index contributed by atoms with van der Waals surface area (Å²) >= 11 is 0. The molecular weight excluding hydrogens is 184 g/mol. The Morgan fingerprint density at radius 1 is 1.57 bits per heavy atom. The van der Waals surface area contributed by atoms with Gasteiger partial charge in [0.15, 0.2) is 6.61 Å². The summed E-state index contributed by atoms with van der Waals surface area (Å²) < 4.78 is 4.64. The number of nitrogens with zero attached hydrogens (tertiary/aromatic N) is 1. The second kappa shape index (κ2) is 4.95. The lowest BCUT2D eigenvalue weighted by Gasteiger charge is -2.31. The minimum atomic E-state index is -0.415. The zero-order chi connectivity index (χ0) is 10.6. The summed E-state index contributed by atoms with van der Waals surface area (Å²) in [6.45, 7) is 5.35. The number of piperazine rings is 1. The maximum Gasteiger partial charge on any atom is 0.303 e. The Kier molecular flexibility index (Phi) is 3.88. The maximum absolute atomic E-state index is 11.5. The van der Waals surface area contributed by atoms with Gasteiger partial charge in [0.05, 0.1) is 0 Å². The lowest BCUT2D eigenvalue weighted by atomic mass is 10.2. The summed E-state index contributed by atoms with van der Waals surface area (Å²) in [6.07, 6.45) is 0. The molecule has 1 aliphatic rings. The first-order valence-electron chi connectivity index (χ1n) is 4.74. The van der Waals surface area contributed by atoms with Crippen LogP contribution in [0.1, 0.15) is 13.8 Å². The fourth-order valence-corrected chi connectivity index (χ4v) is 1.41. The molecule has 0 aromatic heterocycles. The van der Waals surface area contributed by atoms with Crippen molar-refractivity contribution < 1.29 is 14.3 Å². The number of hydrogen-bond acceptors (Lipinski definition) is 4. The quantitative estimate of drug-likeness (QED) is 0.603. The van der Waals surface area contributed by atoms with Crippen molar-refractivity contribution in [2.75, 3.05) is 26.2 Å². The molecule has 1 heterocycles. The van der Waals surface area contributed by atoms with Gasteiger partial charge in [-0.3, -0.25) is 9.59 Å². The third-order valence-corrected chi connectivity index (χ3v) is 2.12. The predicted molar refractivity (Wildman–Crippen MR) is 50.7 cm³/mol. The van der Waals surface area contributed by atoms with E-state index in [-0.39, 0.29) is 12.5 Å². The van der Waals surface area contributed by atoms with Crippen LogP contribution in [0.3, 0.4) is 0 Å². The van der Waals surface area contributed by atoms with Gasteiger partial charge in [-0.05, 0) is 6.92 Å². The minimum absolute atomic E-state index is 0.117. The van der Waals surface area contributed by atoms with Crippen LogP contribution in [0.25, 0.3) is 0 Å². The highest BCUT2D eigenvalue weighted by molar-refractivity contribution is 5.80. The van der Waals surface area contributed by atoms with Crippen molar-refractivity contribution >= 4 is 11.9 Å². The fourth-order valence-electron chi connectivity index (χ4n) is 1.41. The Morgan fingerprint density at radius 2 is 2.29 bits per heavy atom. The monoisotopic (exact) mass is 200 g/mol. The lowest BCUT2D eigenvalue weighted by molar-refractivity contribution is -0.150. The fraction of sp³-hybridized carbons (Fsp3) is 0.778. The van der Waals surface area contributed by atoms with Crippen LogP contribution >= 0.6 is 0 Å². The van der Waals surface area contributed by atoms with Crippen molar-refractivity contribution in [2.45, 2.75) is 19.9 Å². The van der Waals surface area contributed by atoms with Gasteiger partial charge in [-0.25, -0.2) is 0 Å². The number of amides is 1. The summed E-state index contributed by atoms with van der Waals surface area (Å²) in [6, 6.07) is 0.310. The SMILES string of the molecule is CC(=O)OCC(=O)N1CCN[C@H](C)C1. The van der Waals surface area contributed by atoms with Gasteiger partial charge in [0.2, 0.25) is 0 Å². The molecule has 0 saturated carbocycles. The molecule has 1 fully saturated rings. The van der Waals surface area contributed by atoms with E-state index in [1.165, 1.54) is 6.92 Å². The molecule has 0 radical (unpaired) electrons. The smallest absolute Gasteiger partial charge is 0.303 e. The van der Waals surface area contributed by atoms with Crippen molar-refractivity contribution in [2.24, 2.45) is 0 Å². The molecule has 1 saturated heterocycles. The Morgan fingerprint density at radius 3 is 2.86 bits per heavy atom. The van der Waals surface area contributed by atoms with Crippen LogP contribution in [0.5, 0.6) is 0 Å². The van der Waals surface area contributed by atoms with Crippen LogP contribution in [0.4, 0.5) is 0 Å².